The topological polar surface area (TPSA) is 102 Å². The highest BCUT2D eigenvalue weighted by atomic mass is 32.2. The van der Waals surface area contributed by atoms with Crippen molar-refractivity contribution in [2.24, 2.45) is 0 Å². The van der Waals surface area contributed by atoms with Gasteiger partial charge in [0.25, 0.3) is 5.91 Å². The summed E-state index contributed by atoms with van der Waals surface area (Å²) in [6.45, 7) is 3.85. The van der Waals surface area contributed by atoms with E-state index < -0.39 is 34.5 Å². The van der Waals surface area contributed by atoms with Crippen molar-refractivity contribution in [2.45, 2.75) is 44.0 Å². The lowest BCUT2D eigenvalue weighted by molar-refractivity contribution is -0.152. The summed E-state index contributed by atoms with van der Waals surface area (Å²) in [6.07, 6.45) is 1.70. The average molecular weight is 461 g/mol. The second kappa shape index (κ2) is 10.6. The number of hydrogen-bond donors (Lipinski definition) is 1. The van der Waals surface area contributed by atoms with Gasteiger partial charge >= 0.3 is 5.97 Å². The monoisotopic (exact) mass is 460 g/mol. The molecule has 1 aliphatic rings. The molecule has 3 rings (SSSR count). The van der Waals surface area contributed by atoms with E-state index in [1.54, 1.807) is 36.4 Å². The van der Waals surface area contributed by atoms with Crippen LogP contribution in [0.25, 0.3) is 0 Å². The van der Waals surface area contributed by atoms with Crippen molar-refractivity contribution in [1.29, 1.82) is 0 Å². The molecule has 1 amide bonds. The summed E-state index contributed by atoms with van der Waals surface area (Å²) < 4.78 is 38.1. The van der Waals surface area contributed by atoms with E-state index >= 15 is 0 Å². The van der Waals surface area contributed by atoms with Crippen molar-refractivity contribution in [3.63, 3.8) is 0 Å². The number of piperidine rings is 1. The van der Waals surface area contributed by atoms with Crippen LogP contribution in [0.1, 0.15) is 31.7 Å². The lowest BCUT2D eigenvalue weighted by Gasteiger charge is -2.33. The maximum atomic E-state index is 13.1. The molecule has 0 aromatic heterocycles. The third-order valence-corrected chi connectivity index (χ3v) is 7.08. The Kier molecular flexibility index (Phi) is 7.87. The van der Waals surface area contributed by atoms with Gasteiger partial charge in [0.15, 0.2) is 6.61 Å². The Morgan fingerprint density at radius 2 is 1.81 bits per heavy atom. The van der Waals surface area contributed by atoms with E-state index in [1.165, 1.54) is 16.4 Å². The number of para-hydroxylation sites is 2. The molecule has 2 aromatic carbocycles. The highest BCUT2D eigenvalue weighted by Crippen LogP contribution is 2.27. The Bertz CT molecular complexity index is 1050. The Morgan fingerprint density at radius 1 is 1.09 bits per heavy atom. The van der Waals surface area contributed by atoms with Gasteiger partial charge in [-0.25, -0.2) is 8.42 Å². The van der Waals surface area contributed by atoms with Gasteiger partial charge in [-0.05, 0) is 57.4 Å². The molecule has 172 valence electrons. The summed E-state index contributed by atoms with van der Waals surface area (Å²) in [5, 5.41) is 2.65. The van der Waals surface area contributed by atoms with Crippen LogP contribution < -0.4 is 10.1 Å². The molecule has 1 fully saturated rings. The van der Waals surface area contributed by atoms with Crippen molar-refractivity contribution in [1.82, 2.24) is 4.31 Å². The number of nitrogens with zero attached hydrogens (tertiary/aromatic N) is 1. The molecule has 1 heterocycles. The fourth-order valence-electron chi connectivity index (χ4n) is 3.54. The number of nitrogens with one attached hydrogen (secondary N) is 1. The van der Waals surface area contributed by atoms with Gasteiger partial charge in [-0.3, -0.25) is 9.59 Å². The largest absolute Gasteiger partial charge is 0.492 e. The van der Waals surface area contributed by atoms with Crippen molar-refractivity contribution < 1.29 is 27.5 Å². The number of carbonyl (C=O) groups excluding carboxylic acids is 2. The van der Waals surface area contributed by atoms with Gasteiger partial charge in [0.1, 0.15) is 11.8 Å². The van der Waals surface area contributed by atoms with E-state index in [-0.39, 0.29) is 11.4 Å². The molecule has 0 saturated carbocycles. The van der Waals surface area contributed by atoms with Gasteiger partial charge in [0.2, 0.25) is 10.0 Å². The number of ether oxygens (including phenoxy) is 2. The Hall–Kier alpha value is -2.91. The summed E-state index contributed by atoms with van der Waals surface area (Å²) in [5.41, 5.74) is 1.41. The van der Waals surface area contributed by atoms with Gasteiger partial charge < -0.3 is 14.8 Å². The van der Waals surface area contributed by atoms with Crippen LogP contribution >= 0.6 is 0 Å². The summed E-state index contributed by atoms with van der Waals surface area (Å²) in [7, 11) is -3.86. The minimum atomic E-state index is -3.86. The smallest absolute Gasteiger partial charge is 0.324 e. The number of anilines is 1. The zero-order valence-electron chi connectivity index (χ0n) is 18.2. The normalized spacial score (nSPS) is 16.9. The third kappa shape index (κ3) is 5.66. The molecule has 0 bridgehead atoms. The molecule has 2 aromatic rings. The minimum absolute atomic E-state index is 0.132. The van der Waals surface area contributed by atoms with Crippen LogP contribution in [0.3, 0.4) is 0 Å². The summed E-state index contributed by atoms with van der Waals surface area (Å²) >= 11 is 0. The van der Waals surface area contributed by atoms with Gasteiger partial charge in [0.05, 0.1) is 17.2 Å². The Balaban J connectivity index is 1.65. The van der Waals surface area contributed by atoms with Gasteiger partial charge in [-0.2, -0.15) is 4.31 Å². The molecule has 0 spiro atoms. The predicted octanol–water partition coefficient (Wildman–Crippen LogP) is 3.12. The highest BCUT2D eigenvalue weighted by molar-refractivity contribution is 7.89. The highest BCUT2D eigenvalue weighted by Gasteiger charge is 2.38. The maximum Gasteiger partial charge on any atom is 0.324 e. The predicted molar refractivity (Wildman–Crippen MR) is 120 cm³/mol. The van der Waals surface area contributed by atoms with Crippen LogP contribution in [-0.2, 0) is 24.3 Å². The standard InChI is InChI=1S/C23H28N2O6S/c1-3-30-21-10-5-4-8-19(21)24-22(26)16-31-23(27)20-9-6-7-15-25(20)32(28,29)18-13-11-17(2)12-14-18/h4-5,8,10-14,20H,3,6-7,9,15-16H2,1-2H3,(H,24,26). The molecule has 1 unspecified atom stereocenters. The van der Waals surface area contributed by atoms with E-state index in [0.717, 1.165) is 5.56 Å². The molecule has 1 aliphatic heterocycles. The van der Waals surface area contributed by atoms with Crippen molar-refractivity contribution in [3.05, 3.63) is 54.1 Å². The Labute approximate surface area is 188 Å². The molecular formula is C23H28N2O6S. The van der Waals surface area contributed by atoms with E-state index in [1.807, 2.05) is 13.8 Å². The third-order valence-electron chi connectivity index (χ3n) is 5.16. The molecule has 32 heavy (non-hydrogen) atoms. The fraction of sp³-hybridized carbons (Fsp3) is 0.391. The van der Waals surface area contributed by atoms with Crippen LogP contribution in [-0.4, -0.2) is 50.4 Å². The van der Waals surface area contributed by atoms with Crippen molar-refractivity contribution >= 4 is 27.6 Å². The first kappa shape index (κ1) is 23.7. The van der Waals surface area contributed by atoms with Crippen LogP contribution in [0.15, 0.2) is 53.4 Å². The number of amides is 1. The average Bonchev–Trinajstić information content (AvgIpc) is 2.79. The number of sulfonamides is 1. The van der Waals surface area contributed by atoms with Crippen LogP contribution in [0.5, 0.6) is 5.75 Å². The molecule has 0 radical (unpaired) electrons. The number of carbonyl (C=O) groups is 2. The van der Waals surface area contributed by atoms with E-state index in [0.29, 0.717) is 37.3 Å². The first-order valence-corrected chi connectivity index (χ1v) is 12.0. The molecule has 8 nitrogen and oxygen atoms in total. The summed E-state index contributed by atoms with van der Waals surface area (Å²) in [6, 6.07) is 12.5. The second-order valence-corrected chi connectivity index (χ2v) is 9.42. The number of hydrogen-bond acceptors (Lipinski definition) is 6. The van der Waals surface area contributed by atoms with Crippen molar-refractivity contribution in [2.75, 3.05) is 25.1 Å². The van der Waals surface area contributed by atoms with Crippen LogP contribution in [0, 0.1) is 6.92 Å². The van der Waals surface area contributed by atoms with E-state index in [4.69, 9.17) is 9.47 Å². The first-order chi connectivity index (χ1) is 15.3. The molecular weight excluding hydrogens is 432 g/mol. The maximum absolute atomic E-state index is 13.1. The first-order valence-electron chi connectivity index (χ1n) is 10.6. The van der Waals surface area contributed by atoms with Gasteiger partial charge in [0, 0.05) is 6.54 Å². The lowest BCUT2D eigenvalue weighted by atomic mass is 10.1. The molecule has 1 saturated heterocycles. The van der Waals surface area contributed by atoms with Crippen molar-refractivity contribution in [3.8, 4) is 5.75 Å². The molecule has 1 N–H and O–H groups in total. The fourth-order valence-corrected chi connectivity index (χ4v) is 5.19. The Morgan fingerprint density at radius 3 is 2.53 bits per heavy atom. The molecule has 1 atom stereocenters. The number of rotatable bonds is 8. The molecule has 0 aliphatic carbocycles. The number of aryl methyl sites for hydroxylation is 1. The number of benzene rings is 2. The van der Waals surface area contributed by atoms with Gasteiger partial charge in [-0.1, -0.05) is 29.8 Å². The lowest BCUT2D eigenvalue weighted by Crippen LogP contribution is -2.48. The molecule has 9 heteroatoms. The second-order valence-electron chi connectivity index (χ2n) is 7.53. The van der Waals surface area contributed by atoms with Gasteiger partial charge in [-0.15, -0.1) is 0 Å². The van der Waals surface area contributed by atoms with E-state index in [9.17, 15) is 18.0 Å². The summed E-state index contributed by atoms with van der Waals surface area (Å²) in [4.78, 5) is 25.2. The minimum Gasteiger partial charge on any atom is -0.492 e. The number of esters is 1. The summed E-state index contributed by atoms with van der Waals surface area (Å²) in [5.74, 6) is -0.750. The SMILES string of the molecule is CCOc1ccccc1NC(=O)COC(=O)C1CCCCN1S(=O)(=O)c1ccc(C)cc1. The van der Waals surface area contributed by atoms with E-state index in [2.05, 4.69) is 5.32 Å². The van der Waals surface area contributed by atoms with Crippen LogP contribution in [0.2, 0.25) is 0 Å². The van der Waals surface area contributed by atoms with Crippen LogP contribution in [0.4, 0.5) is 5.69 Å². The quantitative estimate of drug-likeness (QED) is 0.608. The zero-order chi connectivity index (χ0) is 23.1. The zero-order valence-corrected chi connectivity index (χ0v) is 19.1.